The fourth-order valence-corrected chi connectivity index (χ4v) is 3.02. The van der Waals surface area contributed by atoms with Gasteiger partial charge in [0.25, 0.3) is 5.91 Å². The molecule has 32 heavy (non-hydrogen) atoms. The van der Waals surface area contributed by atoms with E-state index in [4.69, 9.17) is 4.74 Å². The third-order valence-electron chi connectivity index (χ3n) is 4.53. The van der Waals surface area contributed by atoms with E-state index in [0.29, 0.717) is 28.0 Å². The smallest absolute Gasteiger partial charge is 0.262 e. The number of nitriles is 1. The molecule has 8 heteroatoms. The molecule has 4 aromatic rings. The Labute approximate surface area is 181 Å². The van der Waals surface area contributed by atoms with Crippen LogP contribution >= 0.6 is 0 Å². The molecule has 0 aliphatic rings. The number of fused-ring (bicyclic) bond motifs is 1. The second kappa shape index (κ2) is 9.10. The summed E-state index contributed by atoms with van der Waals surface area (Å²) in [6.45, 7) is -0.284. The van der Waals surface area contributed by atoms with Crippen molar-refractivity contribution in [2.75, 3.05) is 11.9 Å². The summed E-state index contributed by atoms with van der Waals surface area (Å²) in [6, 6.07) is 18.5. The van der Waals surface area contributed by atoms with Crippen LogP contribution in [0, 0.1) is 23.0 Å². The Morgan fingerprint density at radius 3 is 2.62 bits per heavy atom. The molecule has 0 unspecified atom stereocenters. The van der Waals surface area contributed by atoms with E-state index in [9.17, 15) is 18.8 Å². The summed E-state index contributed by atoms with van der Waals surface area (Å²) in [4.78, 5) is 19.4. The predicted molar refractivity (Wildman–Crippen MR) is 117 cm³/mol. The summed E-state index contributed by atoms with van der Waals surface area (Å²) < 4.78 is 32.1. The minimum absolute atomic E-state index is 0.216. The van der Waals surface area contributed by atoms with Crippen LogP contribution in [0.2, 0.25) is 0 Å². The van der Waals surface area contributed by atoms with Gasteiger partial charge in [0.05, 0.1) is 16.6 Å². The lowest BCUT2D eigenvalue weighted by Crippen LogP contribution is -2.20. The zero-order valence-corrected chi connectivity index (χ0v) is 16.6. The van der Waals surface area contributed by atoms with Gasteiger partial charge in [0.2, 0.25) is 0 Å². The maximum atomic E-state index is 13.4. The van der Waals surface area contributed by atoms with E-state index in [1.165, 1.54) is 42.5 Å². The molecule has 0 atom stereocenters. The summed E-state index contributed by atoms with van der Waals surface area (Å²) in [7, 11) is 0. The normalized spacial score (nSPS) is 11.2. The van der Waals surface area contributed by atoms with Crippen molar-refractivity contribution in [3.05, 3.63) is 89.8 Å². The number of nitrogens with zero attached hydrogens (tertiary/aromatic N) is 2. The number of halogens is 2. The van der Waals surface area contributed by atoms with Gasteiger partial charge in [0.1, 0.15) is 29.3 Å². The molecule has 1 amide bonds. The van der Waals surface area contributed by atoms with Gasteiger partial charge in [-0.3, -0.25) is 4.79 Å². The highest BCUT2D eigenvalue weighted by molar-refractivity contribution is 5.93. The minimum Gasteiger partial charge on any atom is -0.483 e. The van der Waals surface area contributed by atoms with Crippen LogP contribution in [0.4, 0.5) is 14.5 Å². The highest BCUT2D eigenvalue weighted by Crippen LogP contribution is 2.25. The number of carbonyl (C=O) groups is 1. The number of H-pyrrole nitrogens is 1. The number of rotatable bonds is 6. The number of hydrogen-bond acceptors (Lipinski definition) is 4. The van der Waals surface area contributed by atoms with Crippen molar-refractivity contribution in [2.24, 2.45) is 0 Å². The topological polar surface area (TPSA) is 90.8 Å². The molecule has 0 bridgehead atoms. The van der Waals surface area contributed by atoms with Crippen LogP contribution in [0.15, 0.2) is 66.7 Å². The van der Waals surface area contributed by atoms with E-state index in [0.717, 1.165) is 0 Å². The highest BCUT2D eigenvalue weighted by atomic mass is 19.1. The average molecular weight is 430 g/mol. The third-order valence-corrected chi connectivity index (χ3v) is 4.53. The number of aromatic nitrogens is 2. The van der Waals surface area contributed by atoms with Crippen molar-refractivity contribution in [1.29, 1.82) is 5.26 Å². The molecule has 158 valence electrons. The fraction of sp³-hybridized carbons (Fsp3) is 0.0417. The lowest BCUT2D eigenvalue weighted by molar-refractivity contribution is -0.118. The second-order valence-electron chi connectivity index (χ2n) is 6.80. The summed E-state index contributed by atoms with van der Waals surface area (Å²) in [5.41, 5.74) is 2.23. The minimum atomic E-state index is -0.421. The molecular formula is C24H16F2N4O2. The van der Waals surface area contributed by atoms with Crippen molar-refractivity contribution in [3.63, 3.8) is 0 Å². The maximum Gasteiger partial charge on any atom is 0.262 e. The molecule has 3 aromatic carbocycles. The summed E-state index contributed by atoms with van der Waals surface area (Å²) >= 11 is 0. The predicted octanol–water partition coefficient (Wildman–Crippen LogP) is 4.92. The Morgan fingerprint density at radius 2 is 1.84 bits per heavy atom. The van der Waals surface area contributed by atoms with Crippen LogP contribution in [0.25, 0.3) is 22.7 Å². The summed E-state index contributed by atoms with van der Waals surface area (Å²) in [5.74, 6) is -0.556. The first kappa shape index (κ1) is 20.8. The van der Waals surface area contributed by atoms with Crippen molar-refractivity contribution >= 4 is 34.3 Å². The van der Waals surface area contributed by atoms with E-state index in [1.807, 2.05) is 0 Å². The number of hydrogen-bond donors (Lipinski definition) is 2. The van der Waals surface area contributed by atoms with Crippen LogP contribution in [0.5, 0.6) is 5.75 Å². The number of imidazole rings is 1. The van der Waals surface area contributed by atoms with Crippen molar-refractivity contribution < 1.29 is 18.3 Å². The van der Waals surface area contributed by atoms with Crippen LogP contribution < -0.4 is 10.1 Å². The largest absolute Gasteiger partial charge is 0.483 e. The van der Waals surface area contributed by atoms with Gasteiger partial charge in [-0.25, -0.2) is 13.8 Å². The standard InChI is InChI=1S/C24H16F2N4O2/c25-17-5-8-19(9-6-17)28-23(31)14-32-22-4-2-1-3-15(22)11-16(13-27)24-29-20-10-7-18(26)12-21(20)30-24/h1-12H,14H2,(H,28,31)(H,29,30)/b16-11-. The number of benzene rings is 3. The molecule has 0 saturated heterocycles. The van der Waals surface area contributed by atoms with Gasteiger partial charge in [-0.2, -0.15) is 5.26 Å². The monoisotopic (exact) mass is 430 g/mol. The molecule has 2 N–H and O–H groups in total. The quantitative estimate of drug-likeness (QED) is 0.425. The van der Waals surface area contributed by atoms with E-state index in [2.05, 4.69) is 21.4 Å². The van der Waals surface area contributed by atoms with Crippen LogP contribution in [0.1, 0.15) is 11.4 Å². The van der Waals surface area contributed by atoms with Gasteiger partial charge in [0.15, 0.2) is 6.61 Å². The zero-order valence-electron chi connectivity index (χ0n) is 16.6. The van der Waals surface area contributed by atoms with E-state index in [-0.39, 0.29) is 18.0 Å². The first-order valence-electron chi connectivity index (χ1n) is 9.56. The summed E-state index contributed by atoms with van der Waals surface area (Å²) in [5, 5.41) is 12.2. The fourth-order valence-electron chi connectivity index (χ4n) is 3.02. The Morgan fingerprint density at radius 1 is 1.09 bits per heavy atom. The van der Waals surface area contributed by atoms with Gasteiger partial charge in [0, 0.05) is 11.3 Å². The second-order valence-corrected chi connectivity index (χ2v) is 6.80. The van der Waals surface area contributed by atoms with Gasteiger partial charge in [-0.1, -0.05) is 18.2 Å². The lowest BCUT2D eigenvalue weighted by atomic mass is 10.1. The van der Waals surface area contributed by atoms with E-state index in [1.54, 1.807) is 30.3 Å². The molecule has 0 aliphatic heterocycles. The molecule has 0 spiro atoms. The molecule has 0 aliphatic carbocycles. The number of para-hydroxylation sites is 1. The summed E-state index contributed by atoms with van der Waals surface area (Å²) in [6.07, 6.45) is 1.57. The van der Waals surface area contributed by atoms with Gasteiger partial charge in [-0.05, 0) is 54.6 Å². The van der Waals surface area contributed by atoms with Crippen molar-refractivity contribution in [2.45, 2.75) is 0 Å². The van der Waals surface area contributed by atoms with Gasteiger partial charge >= 0.3 is 0 Å². The number of anilines is 1. The molecule has 6 nitrogen and oxygen atoms in total. The van der Waals surface area contributed by atoms with Crippen molar-refractivity contribution in [3.8, 4) is 11.8 Å². The number of allylic oxidation sites excluding steroid dienone is 1. The molecule has 1 aromatic heterocycles. The van der Waals surface area contributed by atoms with Gasteiger partial charge < -0.3 is 15.0 Å². The molecule has 0 radical (unpaired) electrons. The van der Waals surface area contributed by atoms with E-state index < -0.39 is 17.5 Å². The number of ether oxygens (including phenoxy) is 1. The Bertz CT molecular complexity index is 1350. The third kappa shape index (κ3) is 4.79. The molecule has 4 rings (SSSR count). The molecular weight excluding hydrogens is 414 g/mol. The van der Waals surface area contributed by atoms with Crippen LogP contribution in [0.3, 0.4) is 0 Å². The Hall–Kier alpha value is -4.51. The first-order valence-corrected chi connectivity index (χ1v) is 9.56. The molecule has 0 fully saturated rings. The van der Waals surface area contributed by atoms with Crippen LogP contribution in [-0.2, 0) is 4.79 Å². The zero-order chi connectivity index (χ0) is 22.5. The highest BCUT2D eigenvalue weighted by Gasteiger charge is 2.11. The van der Waals surface area contributed by atoms with E-state index >= 15 is 0 Å². The lowest BCUT2D eigenvalue weighted by Gasteiger charge is -2.10. The SMILES string of the molecule is N#C/C(=C/c1ccccc1OCC(=O)Nc1ccc(F)cc1)c1nc2ccc(F)cc2[nH]1. The molecule has 0 saturated carbocycles. The first-order chi connectivity index (χ1) is 15.5. The maximum absolute atomic E-state index is 13.4. The van der Waals surface area contributed by atoms with Crippen molar-refractivity contribution in [1.82, 2.24) is 9.97 Å². The number of nitrogens with one attached hydrogen (secondary N) is 2. The number of aromatic amines is 1. The number of carbonyl (C=O) groups excluding carboxylic acids is 1. The Balaban J connectivity index is 1.52. The molecule has 1 heterocycles. The Kier molecular flexibility index (Phi) is 5.90. The number of amides is 1. The average Bonchev–Trinajstić information content (AvgIpc) is 3.21. The van der Waals surface area contributed by atoms with Crippen LogP contribution in [-0.4, -0.2) is 22.5 Å². The van der Waals surface area contributed by atoms with Gasteiger partial charge in [-0.15, -0.1) is 0 Å².